The second-order valence-corrected chi connectivity index (χ2v) is 10.1. The first-order valence-electron chi connectivity index (χ1n) is 10.8. The van der Waals surface area contributed by atoms with Gasteiger partial charge in [0.1, 0.15) is 0 Å². The van der Waals surface area contributed by atoms with Crippen LogP contribution in [0.4, 0.5) is 0 Å². The first kappa shape index (κ1) is 22.2. The van der Waals surface area contributed by atoms with E-state index in [1.165, 1.54) is 4.31 Å². The maximum absolute atomic E-state index is 13.4. The van der Waals surface area contributed by atoms with E-state index in [9.17, 15) is 13.2 Å². The summed E-state index contributed by atoms with van der Waals surface area (Å²) in [5.41, 5.74) is 3.96. The summed E-state index contributed by atoms with van der Waals surface area (Å²) in [6.07, 6.45) is 0.585. The van der Waals surface area contributed by atoms with Gasteiger partial charge in [0.05, 0.1) is 27.5 Å². The van der Waals surface area contributed by atoms with Crippen molar-refractivity contribution in [1.29, 1.82) is 0 Å². The molecule has 4 rings (SSSR count). The van der Waals surface area contributed by atoms with Crippen LogP contribution in [0.5, 0.6) is 0 Å². The molecule has 32 heavy (non-hydrogen) atoms. The average molecular weight is 453 g/mol. The van der Waals surface area contributed by atoms with Crippen LogP contribution < -0.4 is 0 Å². The van der Waals surface area contributed by atoms with Crippen molar-refractivity contribution < 1.29 is 13.2 Å². The Bertz CT molecular complexity index is 1220. The van der Waals surface area contributed by atoms with Crippen LogP contribution in [0.15, 0.2) is 59.5 Å². The molecule has 8 heteroatoms. The highest BCUT2D eigenvalue weighted by atomic mass is 32.2. The summed E-state index contributed by atoms with van der Waals surface area (Å²) in [5.74, 6) is -0.100. The number of amides is 1. The van der Waals surface area contributed by atoms with Crippen molar-refractivity contribution in [2.75, 3.05) is 26.2 Å². The number of carbonyl (C=O) groups is 1. The van der Waals surface area contributed by atoms with Gasteiger partial charge < -0.3 is 4.90 Å². The fourth-order valence-electron chi connectivity index (χ4n) is 4.13. The Labute approximate surface area is 189 Å². The highest BCUT2D eigenvalue weighted by molar-refractivity contribution is 7.89. The number of nitrogens with zero attached hydrogens (tertiary/aromatic N) is 4. The van der Waals surface area contributed by atoms with E-state index in [0.29, 0.717) is 42.2 Å². The van der Waals surface area contributed by atoms with Gasteiger partial charge in [-0.25, -0.2) is 13.1 Å². The summed E-state index contributed by atoms with van der Waals surface area (Å²) >= 11 is 0. The van der Waals surface area contributed by atoms with Crippen molar-refractivity contribution >= 4 is 15.9 Å². The average Bonchev–Trinajstić information content (AvgIpc) is 2.95. The minimum atomic E-state index is -3.59. The predicted octanol–water partition coefficient (Wildman–Crippen LogP) is 3.33. The molecule has 7 nitrogen and oxygen atoms in total. The number of benzene rings is 2. The fourth-order valence-corrected chi connectivity index (χ4v) is 5.60. The van der Waals surface area contributed by atoms with E-state index in [1.54, 1.807) is 33.8 Å². The number of carbonyl (C=O) groups excluding carboxylic acids is 1. The molecule has 168 valence electrons. The monoisotopic (exact) mass is 452 g/mol. The Kier molecular flexibility index (Phi) is 6.17. The number of para-hydroxylation sites is 1. The zero-order valence-electron chi connectivity index (χ0n) is 18.7. The van der Waals surface area contributed by atoms with E-state index in [4.69, 9.17) is 0 Å². The zero-order chi connectivity index (χ0) is 22.9. The second kappa shape index (κ2) is 8.88. The quantitative estimate of drug-likeness (QED) is 0.609. The van der Waals surface area contributed by atoms with Crippen LogP contribution >= 0.6 is 0 Å². The highest BCUT2D eigenvalue weighted by Crippen LogP contribution is 2.22. The molecule has 1 fully saturated rings. The molecule has 1 aliphatic rings. The van der Waals surface area contributed by atoms with Crippen molar-refractivity contribution in [1.82, 2.24) is 19.0 Å². The third kappa shape index (κ3) is 4.20. The Morgan fingerprint density at radius 1 is 0.875 bits per heavy atom. The molecule has 1 amide bonds. The van der Waals surface area contributed by atoms with Crippen molar-refractivity contribution in [3.05, 3.63) is 77.1 Å². The SMILES string of the molecule is Cc1ccc(S(=O)(=O)N2CCCN(C(=O)c3c(C)nn(-c4ccccc4)c3C)CC2)cc1. The zero-order valence-corrected chi connectivity index (χ0v) is 19.5. The second-order valence-electron chi connectivity index (χ2n) is 8.16. The normalized spacial score (nSPS) is 15.5. The Morgan fingerprint density at radius 3 is 2.25 bits per heavy atom. The lowest BCUT2D eigenvalue weighted by Gasteiger charge is -2.22. The third-order valence-electron chi connectivity index (χ3n) is 5.91. The van der Waals surface area contributed by atoms with Crippen molar-refractivity contribution in [3.8, 4) is 5.69 Å². The number of hydrogen-bond donors (Lipinski definition) is 0. The van der Waals surface area contributed by atoms with Crippen LogP contribution in [0, 0.1) is 20.8 Å². The summed E-state index contributed by atoms with van der Waals surface area (Å²) in [4.78, 5) is 15.4. The largest absolute Gasteiger partial charge is 0.337 e. The maximum Gasteiger partial charge on any atom is 0.257 e. The molecule has 0 bridgehead atoms. The first-order chi connectivity index (χ1) is 15.3. The van der Waals surface area contributed by atoms with Gasteiger partial charge in [0, 0.05) is 26.2 Å². The molecule has 2 aromatic carbocycles. The fraction of sp³-hybridized carbons (Fsp3) is 0.333. The van der Waals surface area contributed by atoms with E-state index in [2.05, 4.69) is 5.10 Å². The summed E-state index contributed by atoms with van der Waals surface area (Å²) in [5, 5.41) is 4.58. The minimum Gasteiger partial charge on any atom is -0.337 e. The van der Waals surface area contributed by atoms with E-state index in [1.807, 2.05) is 51.1 Å². The number of aryl methyl sites for hydroxylation is 2. The molecule has 0 saturated carbocycles. The molecule has 0 N–H and O–H groups in total. The lowest BCUT2D eigenvalue weighted by atomic mass is 10.1. The first-order valence-corrected chi connectivity index (χ1v) is 12.2. The van der Waals surface area contributed by atoms with Crippen molar-refractivity contribution in [2.24, 2.45) is 0 Å². The van der Waals surface area contributed by atoms with Gasteiger partial charge in [0.15, 0.2) is 0 Å². The predicted molar refractivity (Wildman–Crippen MR) is 123 cm³/mol. The van der Waals surface area contributed by atoms with Crippen molar-refractivity contribution in [2.45, 2.75) is 32.1 Å². The Balaban J connectivity index is 1.54. The molecule has 0 atom stereocenters. The summed E-state index contributed by atoms with van der Waals surface area (Å²) in [6, 6.07) is 16.6. The summed E-state index contributed by atoms with van der Waals surface area (Å²) in [7, 11) is -3.59. The number of sulfonamides is 1. The number of rotatable bonds is 4. The number of hydrogen-bond acceptors (Lipinski definition) is 4. The number of aromatic nitrogens is 2. The third-order valence-corrected chi connectivity index (χ3v) is 7.82. The van der Waals surface area contributed by atoms with Gasteiger partial charge in [-0.2, -0.15) is 9.40 Å². The lowest BCUT2D eigenvalue weighted by Crippen LogP contribution is -2.37. The molecule has 3 aromatic rings. The molecule has 2 heterocycles. The van der Waals surface area contributed by atoms with Gasteiger partial charge in [0.2, 0.25) is 10.0 Å². The van der Waals surface area contributed by atoms with Crippen LogP contribution in [0.3, 0.4) is 0 Å². The Hall–Kier alpha value is -2.97. The minimum absolute atomic E-state index is 0.100. The summed E-state index contributed by atoms with van der Waals surface area (Å²) < 4.78 is 29.4. The van der Waals surface area contributed by atoms with E-state index in [0.717, 1.165) is 16.9 Å². The highest BCUT2D eigenvalue weighted by Gasteiger charge is 2.30. The summed E-state index contributed by atoms with van der Waals surface area (Å²) in [6.45, 7) is 7.18. The topological polar surface area (TPSA) is 75.5 Å². The molecule has 0 aliphatic carbocycles. The van der Waals surface area contributed by atoms with E-state index < -0.39 is 10.0 Å². The molecular formula is C24H28N4O3S. The van der Waals surface area contributed by atoms with E-state index in [-0.39, 0.29) is 12.5 Å². The standard InChI is InChI=1S/C24H28N4O3S/c1-18-10-12-22(13-11-18)32(30,31)27-15-7-14-26(16-17-27)24(29)23-19(2)25-28(20(23)3)21-8-5-4-6-9-21/h4-6,8-13H,7,14-17H2,1-3H3. The van der Waals surface area contributed by atoms with Gasteiger partial charge in [-0.1, -0.05) is 35.9 Å². The molecular weight excluding hydrogens is 424 g/mol. The molecule has 1 saturated heterocycles. The van der Waals surface area contributed by atoms with Gasteiger partial charge >= 0.3 is 0 Å². The smallest absolute Gasteiger partial charge is 0.257 e. The molecule has 1 aromatic heterocycles. The molecule has 0 spiro atoms. The maximum atomic E-state index is 13.4. The lowest BCUT2D eigenvalue weighted by molar-refractivity contribution is 0.0762. The van der Waals surface area contributed by atoms with Crippen LogP contribution in [0.1, 0.15) is 33.7 Å². The molecule has 0 radical (unpaired) electrons. The molecule has 0 unspecified atom stereocenters. The van der Waals surface area contributed by atoms with E-state index >= 15 is 0 Å². The van der Waals surface area contributed by atoms with Gasteiger partial charge in [-0.3, -0.25) is 4.79 Å². The molecule has 1 aliphatic heterocycles. The Morgan fingerprint density at radius 2 is 1.56 bits per heavy atom. The van der Waals surface area contributed by atoms with Crippen LogP contribution in [-0.4, -0.2) is 59.5 Å². The van der Waals surface area contributed by atoms with Gasteiger partial charge in [-0.15, -0.1) is 0 Å². The van der Waals surface area contributed by atoms with Crippen LogP contribution in [-0.2, 0) is 10.0 Å². The van der Waals surface area contributed by atoms with Crippen LogP contribution in [0.25, 0.3) is 5.69 Å². The van der Waals surface area contributed by atoms with Crippen LogP contribution in [0.2, 0.25) is 0 Å². The van der Waals surface area contributed by atoms with Gasteiger partial charge in [0.25, 0.3) is 5.91 Å². The van der Waals surface area contributed by atoms with Crippen molar-refractivity contribution in [3.63, 3.8) is 0 Å². The van der Waals surface area contributed by atoms with Gasteiger partial charge in [-0.05, 0) is 51.5 Å².